The van der Waals surface area contributed by atoms with Gasteiger partial charge in [0.2, 0.25) is 5.88 Å². The highest BCUT2D eigenvalue weighted by molar-refractivity contribution is 5.83. The molecule has 3 heterocycles. The number of hydrogen-bond donors (Lipinski definition) is 1. The molecular weight excluding hydrogens is 254 g/mol. The fraction of sp³-hybridized carbons (Fsp3) is 0.200. The molecule has 1 aromatic carbocycles. The van der Waals surface area contributed by atoms with Gasteiger partial charge in [0, 0.05) is 17.3 Å². The molecule has 4 rings (SSSR count). The van der Waals surface area contributed by atoms with Crippen molar-refractivity contribution < 1.29 is 9.47 Å². The number of benzene rings is 1. The Kier molecular flexibility index (Phi) is 2.31. The van der Waals surface area contributed by atoms with Crippen molar-refractivity contribution in [3.63, 3.8) is 0 Å². The van der Waals surface area contributed by atoms with E-state index in [0.29, 0.717) is 24.9 Å². The zero-order valence-corrected chi connectivity index (χ0v) is 10.7. The highest BCUT2D eigenvalue weighted by Crippen LogP contribution is 2.48. The molecule has 5 nitrogen and oxygen atoms in total. The van der Waals surface area contributed by atoms with E-state index in [4.69, 9.17) is 20.2 Å². The summed E-state index contributed by atoms with van der Waals surface area (Å²) in [5.74, 6) is 1.80. The van der Waals surface area contributed by atoms with Crippen molar-refractivity contribution in [3.8, 4) is 11.6 Å². The first-order valence-corrected chi connectivity index (χ1v) is 6.44. The van der Waals surface area contributed by atoms with Gasteiger partial charge >= 0.3 is 0 Å². The lowest BCUT2D eigenvalue weighted by atomic mass is 9.82. The smallest absolute Gasteiger partial charge is 0.225 e. The molecule has 1 spiro atoms. The Morgan fingerprint density at radius 1 is 1.10 bits per heavy atom. The van der Waals surface area contributed by atoms with Crippen LogP contribution in [0.4, 0.5) is 0 Å². The topological polar surface area (TPSA) is 69.7 Å². The fourth-order valence-electron chi connectivity index (χ4n) is 2.82. The summed E-state index contributed by atoms with van der Waals surface area (Å²) in [7, 11) is 0. The standard InChI is InChI=1S/C15H13N3O2/c16-13-8-19-9-15(18-13)10-4-1-2-6-12(10)20-14-11(15)5-3-7-17-14/h1-7H,8-9H2,(H2,16,18). The zero-order valence-electron chi connectivity index (χ0n) is 10.7. The van der Waals surface area contributed by atoms with E-state index < -0.39 is 5.54 Å². The van der Waals surface area contributed by atoms with Gasteiger partial charge in [0.25, 0.3) is 0 Å². The number of fused-ring (bicyclic) bond motifs is 4. The number of aliphatic imine (C=N–C) groups is 1. The van der Waals surface area contributed by atoms with Crippen LogP contribution in [0.1, 0.15) is 11.1 Å². The molecule has 2 aliphatic rings. The van der Waals surface area contributed by atoms with Gasteiger partial charge in [-0.2, -0.15) is 0 Å². The minimum atomic E-state index is -0.652. The van der Waals surface area contributed by atoms with Crippen LogP contribution >= 0.6 is 0 Å². The van der Waals surface area contributed by atoms with Crippen LogP contribution in [0.15, 0.2) is 47.6 Å². The van der Waals surface area contributed by atoms with Gasteiger partial charge < -0.3 is 15.2 Å². The molecule has 2 N–H and O–H groups in total. The van der Waals surface area contributed by atoms with Crippen molar-refractivity contribution >= 4 is 5.84 Å². The third kappa shape index (κ3) is 1.47. The average molecular weight is 267 g/mol. The van der Waals surface area contributed by atoms with Crippen LogP contribution in [0.5, 0.6) is 11.6 Å². The number of nitrogens with two attached hydrogens (primary N) is 1. The van der Waals surface area contributed by atoms with Crippen molar-refractivity contribution in [2.24, 2.45) is 10.7 Å². The molecule has 5 heteroatoms. The molecule has 1 unspecified atom stereocenters. The fourth-order valence-corrected chi connectivity index (χ4v) is 2.82. The Balaban J connectivity index is 2.04. The van der Waals surface area contributed by atoms with Crippen molar-refractivity contribution in [2.75, 3.05) is 13.2 Å². The molecule has 20 heavy (non-hydrogen) atoms. The summed E-state index contributed by atoms with van der Waals surface area (Å²) in [6.45, 7) is 0.799. The molecule has 100 valence electrons. The summed E-state index contributed by atoms with van der Waals surface area (Å²) < 4.78 is 11.5. The summed E-state index contributed by atoms with van der Waals surface area (Å²) in [6, 6.07) is 11.6. The molecule has 0 amide bonds. The first-order chi connectivity index (χ1) is 9.79. The van der Waals surface area contributed by atoms with Crippen LogP contribution in [0.3, 0.4) is 0 Å². The maximum Gasteiger partial charge on any atom is 0.225 e. The number of rotatable bonds is 0. The lowest BCUT2D eigenvalue weighted by Gasteiger charge is -2.38. The summed E-state index contributed by atoms with van der Waals surface area (Å²) in [5, 5.41) is 0. The average Bonchev–Trinajstić information content (AvgIpc) is 2.48. The maximum atomic E-state index is 5.92. The van der Waals surface area contributed by atoms with Gasteiger partial charge in [0.1, 0.15) is 23.7 Å². The minimum Gasteiger partial charge on any atom is -0.438 e. The Hall–Kier alpha value is -2.40. The SMILES string of the molecule is NC1=NC2(COC1)c1ccccc1Oc1ncccc12. The van der Waals surface area contributed by atoms with Crippen molar-refractivity contribution in [1.82, 2.24) is 4.98 Å². The van der Waals surface area contributed by atoms with Gasteiger partial charge in [-0.1, -0.05) is 18.2 Å². The van der Waals surface area contributed by atoms with E-state index in [-0.39, 0.29) is 0 Å². The van der Waals surface area contributed by atoms with Crippen LogP contribution in [0.2, 0.25) is 0 Å². The van der Waals surface area contributed by atoms with E-state index in [2.05, 4.69) is 4.98 Å². The summed E-state index contributed by atoms with van der Waals surface area (Å²) in [5.41, 5.74) is 7.12. The molecule has 1 atom stereocenters. The number of pyridine rings is 1. The predicted molar refractivity (Wildman–Crippen MR) is 74.0 cm³/mol. The molecule has 0 saturated heterocycles. The number of aromatic nitrogens is 1. The highest BCUT2D eigenvalue weighted by Gasteiger charge is 2.44. The minimum absolute atomic E-state index is 0.361. The van der Waals surface area contributed by atoms with Crippen molar-refractivity contribution in [2.45, 2.75) is 5.54 Å². The maximum absolute atomic E-state index is 5.92. The van der Waals surface area contributed by atoms with Crippen LogP contribution in [-0.2, 0) is 10.3 Å². The molecule has 0 bridgehead atoms. The number of para-hydroxylation sites is 1. The van der Waals surface area contributed by atoms with Crippen molar-refractivity contribution in [1.29, 1.82) is 0 Å². The third-order valence-corrected chi connectivity index (χ3v) is 3.65. The lowest BCUT2D eigenvalue weighted by Crippen LogP contribution is -2.42. The van der Waals surface area contributed by atoms with E-state index in [0.717, 1.165) is 16.9 Å². The molecular formula is C15H13N3O2. The Morgan fingerprint density at radius 3 is 2.85 bits per heavy atom. The molecule has 0 saturated carbocycles. The zero-order chi connectivity index (χ0) is 13.6. The van der Waals surface area contributed by atoms with Crippen LogP contribution < -0.4 is 10.5 Å². The van der Waals surface area contributed by atoms with Gasteiger partial charge in [0.15, 0.2) is 0 Å². The quantitative estimate of drug-likeness (QED) is 0.790. The lowest BCUT2D eigenvalue weighted by molar-refractivity contribution is 0.109. The van der Waals surface area contributed by atoms with Crippen LogP contribution in [0, 0.1) is 0 Å². The van der Waals surface area contributed by atoms with E-state index >= 15 is 0 Å². The largest absolute Gasteiger partial charge is 0.438 e. The molecule has 0 aliphatic carbocycles. The van der Waals surface area contributed by atoms with E-state index in [9.17, 15) is 0 Å². The first kappa shape index (κ1) is 11.4. The van der Waals surface area contributed by atoms with Crippen molar-refractivity contribution in [3.05, 3.63) is 53.7 Å². The van der Waals surface area contributed by atoms with Crippen LogP contribution in [0.25, 0.3) is 0 Å². The summed E-state index contributed by atoms with van der Waals surface area (Å²) in [4.78, 5) is 9.01. The number of nitrogens with zero attached hydrogens (tertiary/aromatic N) is 2. The van der Waals surface area contributed by atoms with Crippen LogP contribution in [-0.4, -0.2) is 24.0 Å². The van der Waals surface area contributed by atoms with E-state index in [1.165, 1.54) is 0 Å². The number of ether oxygens (including phenoxy) is 2. The molecule has 0 radical (unpaired) electrons. The van der Waals surface area contributed by atoms with E-state index in [1.807, 2.05) is 36.4 Å². The highest BCUT2D eigenvalue weighted by atomic mass is 16.5. The molecule has 1 aromatic heterocycles. The molecule has 0 fully saturated rings. The van der Waals surface area contributed by atoms with Gasteiger partial charge in [-0.15, -0.1) is 0 Å². The summed E-state index contributed by atoms with van der Waals surface area (Å²) >= 11 is 0. The second-order valence-corrected chi connectivity index (χ2v) is 4.91. The van der Waals surface area contributed by atoms with E-state index in [1.54, 1.807) is 6.20 Å². The second-order valence-electron chi connectivity index (χ2n) is 4.91. The third-order valence-electron chi connectivity index (χ3n) is 3.65. The molecule has 2 aliphatic heterocycles. The van der Waals surface area contributed by atoms with Gasteiger partial charge in [-0.25, -0.2) is 4.98 Å². The second kappa shape index (κ2) is 4.05. The number of hydrogen-bond acceptors (Lipinski definition) is 5. The Labute approximate surface area is 116 Å². The monoisotopic (exact) mass is 267 g/mol. The van der Waals surface area contributed by atoms with Gasteiger partial charge in [-0.3, -0.25) is 4.99 Å². The Bertz CT molecular complexity index is 666. The number of amidine groups is 1. The first-order valence-electron chi connectivity index (χ1n) is 6.44. The molecule has 2 aromatic rings. The Morgan fingerprint density at radius 2 is 1.95 bits per heavy atom. The summed E-state index contributed by atoms with van der Waals surface area (Å²) in [6.07, 6.45) is 1.71. The van der Waals surface area contributed by atoms with Gasteiger partial charge in [0.05, 0.1) is 6.61 Å². The normalized spacial score (nSPS) is 23.5. The predicted octanol–water partition coefficient (Wildman–Crippen LogP) is 1.82. The van der Waals surface area contributed by atoms with Gasteiger partial charge in [-0.05, 0) is 18.2 Å².